The molecule has 22 heavy (non-hydrogen) atoms. The molecule has 2 aromatic rings. The number of hydrogen-bond acceptors (Lipinski definition) is 4. The van der Waals surface area contributed by atoms with Gasteiger partial charge in [0.05, 0.1) is 11.3 Å². The van der Waals surface area contributed by atoms with Crippen LogP contribution in [0.1, 0.15) is 6.92 Å². The highest BCUT2D eigenvalue weighted by molar-refractivity contribution is 9.10. The van der Waals surface area contributed by atoms with Crippen molar-refractivity contribution in [1.29, 1.82) is 0 Å². The largest absolute Gasteiger partial charge is 0.384 e. The van der Waals surface area contributed by atoms with Gasteiger partial charge in [0.2, 0.25) is 10.0 Å². The number of sulfonamides is 1. The summed E-state index contributed by atoms with van der Waals surface area (Å²) < 4.78 is 26.0. The molecule has 5 nitrogen and oxygen atoms in total. The standard InChI is InChI=1S/C15H18BrN3O2S/c1-2-22(20,21)19-9-11(10-19)8-18-15-5-6-17-14-4-3-12(16)7-13(14)15/h3-7,11H,2,8-10H2,1H3,(H,17,18). The average Bonchev–Trinajstić information content (AvgIpc) is 2.45. The van der Waals surface area contributed by atoms with Gasteiger partial charge in [-0.15, -0.1) is 0 Å². The summed E-state index contributed by atoms with van der Waals surface area (Å²) in [7, 11) is -3.03. The van der Waals surface area contributed by atoms with Crippen LogP contribution in [0.25, 0.3) is 10.9 Å². The molecular formula is C15H18BrN3O2S. The summed E-state index contributed by atoms with van der Waals surface area (Å²) in [6.07, 6.45) is 1.78. The molecule has 1 saturated heterocycles. The van der Waals surface area contributed by atoms with Crippen LogP contribution < -0.4 is 5.32 Å². The molecule has 1 aromatic carbocycles. The van der Waals surface area contributed by atoms with Gasteiger partial charge >= 0.3 is 0 Å². The number of pyridine rings is 1. The normalized spacial score (nSPS) is 16.6. The fourth-order valence-corrected chi connectivity index (χ4v) is 4.19. The lowest BCUT2D eigenvalue weighted by Crippen LogP contribution is -2.52. The molecule has 0 radical (unpaired) electrons. The lowest BCUT2D eigenvalue weighted by Gasteiger charge is -2.38. The molecule has 0 saturated carbocycles. The Balaban J connectivity index is 1.65. The maximum absolute atomic E-state index is 11.7. The second-order valence-electron chi connectivity index (χ2n) is 5.48. The Morgan fingerprint density at radius 2 is 2.14 bits per heavy atom. The van der Waals surface area contributed by atoms with Gasteiger partial charge in [-0.1, -0.05) is 15.9 Å². The molecule has 1 fully saturated rings. The van der Waals surface area contributed by atoms with Crippen LogP contribution in [0.3, 0.4) is 0 Å². The SMILES string of the molecule is CCS(=O)(=O)N1CC(CNc2ccnc3ccc(Br)cc23)C1. The second kappa shape index (κ2) is 6.14. The summed E-state index contributed by atoms with van der Waals surface area (Å²) >= 11 is 3.48. The van der Waals surface area contributed by atoms with Gasteiger partial charge in [-0.25, -0.2) is 12.7 Å². The Bertz CT molecular complexity index is 788. The molecular weight excluding hydrogens is 366 g/mol. The first-order chi connectivity index (χ1) is 10.5. The molecule has 1 N–H and O–H groups in total. The first kappa shape index (κ1) is 15.7. The fraction of sp³-hybridized carbons (Fsp3) is 0.400. The smallest absolute Gasteiger partial charge is 0.213 e. The van der Waals surface area contributed by atoms with Crippen molar-refractivity contribution in [2.45, 2.75) is 6.92 Å². The lowest BCUT2D eigenvalue weighted by molar-refractivity contribution is 0.212. The van der Waals surface area contributed by atoms with Crippen molar-refractivity contribution in [2.24, 2.45) is 5.92 Å². The predicted molar refractivity (Wildman–Crippen MR) is 92.5 cm³/mol. The van der Waals surface area contributed by atoms with Gasteiger partial charge in [0.25, 0.3) is 0 Å². The molecule has 0 aliphatic carbocycles. The summed E-state index contributed by atoms with van der Waals surface area (Å²) in [5.41, 5.74) is 1.97. The van der Waals surface area contributed by atoms with Crippen LogP contribution in [-0.4, -0.2) is 43.1 Å². The van der Waals surface area contributed by atoms with Crippen LogP contribution in [0.4, 0.5) is 5.69 Å². The monoisotopic (exact) mass is 383 g/mol. The fourth-order valence-electron chi connectivity index (χ4n) is 2.59. The van der Waals surface area contributed by atoms with Gasteiger partial charge in [0.1, 0.15) is 0 Å². The van der Waals surface area contributed by atoms with E-state index in [9.17, 15) is 8.42 Å². The van der Waals surface area contributed by atoms with E-state index in [0.717, 1.165) is 27.6 Å². The van der Waals surface area contributed by atoms with Gasteiger partial charge < -0.3 is 5.32 Å². The number of anilines is 1. The molecule has 118 valence electrons. The molecule has 1 aromatic heterocycles. The van der Waals surface area contributed by atoms with Crippen LogP contribution in [0.5, 0.6) is 0 Å². The molecule has 0 bridgehead atoms. The van der Waals surface area contributed by atoms with E-state index in [1.165, 1.54) is 0 Å². The number of aromatic nitrogens is 1. The Labute approximate surface area is 138 Å². The highest BCUT2D eigenvalue weighted by atomic mass is 79.9. The summed E-state index contributed by atoms with van der Waals surface area (Å²) in [6.45, 7) is 3.66. The Kier molecular flexibility index (Phi) is 4.38. The summed E-state index contributed by atoms with van der Waals surface area (Å²) in [4.78, 5) is 4.35. The van der Waals surface area contributed by atoms with E-state index in [-0.39, 0.29) is 5.75 Å². The summed E-state index contributed by atoms with van der Waals surface area (Å²) in [5.74, 6) is 0.535. The van der Waals surface area contributed by atoms with Crippen molar-refractivity contribution in [3.8, 4) is 0 Å². The van der Waals surface area contributed by atoms with Gasteiger partial charge in [-0.2, -0.15) is 0 Å². The van der Waals surface area contributed by atoms with Gasteiger partial charge in [0, 0.05) is 47.3 Å². The van der Waals surface area contributed by atoms with Gasteiger partial charge in [0.15, 0.2) is 0 Å². The zero-order valence-electron chi connectivity index (χ0n) is 12.3. The van der Waals surface area contributed by atoms with Crippen LogP contribution in [0.15, 0.2) is 34.9 Å². The molecule has 0 amide bonds. The summed E-state index contributed by atoms with van der Waals surface area (Å²) in [5, 5.41) is 4.49. The zero-order chi connectivity index (χ0) is 15.7. The molecule has 1 aliphatic rings. The number of nitrogens with zero attached hydrogens (tertiary/aromatic N) is 2. The van der Waals surface area contributed by atoms with E-state index in [0.29, 0.717) is 19.0 Å². The molecule has 0 spiro atoms. The number of rotatable bonds is 5. The van der Waals surface area contributed by atoms with E-state index >= 15 is 0 Å². The average molecular weight is 384 g/mol. The number of nitrogens with one attached hydrogen (secondary N) is 1. The van der Waals surface area contributed by atoms with Crippen LogP contribution in [0.2, 0.25) is 0 Å². The van der Waals surface area contributed by atoms with E-state index in [1.807, 2.05) is 24.3 Å². The van der Waals surface area contributed by atoms with Crippen molar-refractivity contribution in [2.75, 3.05) is 30.7 Å². The molecule has 7 heteroatoms. The molecule has 2 heterocycles. The number of benzene rings is 1. The predicted octanol–water partition coefficient (Wildman–Crippen LogP) is 2.69. The Morgan fingerprint density at radius 3 is 2.86 bits per heavy atom. The lowest BCUT2D eigenvalue weighted by atomic mass is 10.0. The van der Waals surface area contributed by atoms with Crippen LogP contribution >= 0.6 is 15.9 Å². The third-order valence-electron chi connectivity index (χ3n) is 3.97. The topological polar surface area (TPSA) is 62.3 Å². The van der Waals surface area contributed by atoms with Gasteiger partial charge in [-0.05, 0) is 31.2 Å². The first-order valence-electron chi connectivity index (χ1n) is 7.25. The van der Waals surface area contributed by atoms with E-state index in [1.54, 1.807) is 17.4 Å². The third kappa shape index (κ3) is 3.11. The molecule has 0 unspecified atom stereocenters. The van der Waals surface area contributed by atoms with Crippen LogP contribution in [0, 0.1) is 5.92 Å². The third-order valence-corrected chi connectivity index (χ3v) is 6.27. The highest BCUT2D eigenvalue weighted by Gasteiger charge is 2.34. The molecule has 1 aliphatic heterocycles. The van der Waals surface area contributed by atoms with Crippen molar-refractivity contribution in [3.63, 3.8) is 0 Å². The maximum atomic E-state index is 11.7. The highest BCUT2D eigenvalue weighted by Crippen LogP contribution is 2.26. The number of fused-ring (bicyclic) bond motifs is 1. The van der Waals surface area contributed by atoms with E-state index in [4.69, 9.17) is 0 Å². The maximum Gasteiger partial charge on any atom is 0.213 e. The van der Waals surface area contributed by atoms with E-state index < -0.39 is 10.0 Å². The quantitative estimate of drug-likeness (QED) is 0.861. The Morgan fingerprint density at radius 1 is 1.36 bits per heavy atom. The van der Waals surface area contributed by atoms with Crippen molar-refractivity contribution in [1.82, 2.24) is 9.29 Å². The Hall–Kier alpha value is -1.18. The summed E-state index contributed by atoms with van der Waals surface area (Å²) in [6, 6.07) is 7.94. The minimum absolute atomic E-state index is 0.177. The number of halogens is 1. The second-order valence-corrected chi connectivity index (χ2v) is 8.66. The first-order valence-corrected chi connectivity index (χ1v) is 9.66. The number of hydrogen-bond donors (Lipinski definition) is 1. The zero-order valence-corrected chi connectivity index (χ0v) is 14.7. The van der Waals surface area contributed by atoms with Gasteiger partial charge in [-0.3, -0.25) is 4.98 Å². The van der Waals surface area contributed by atoms with Crippen LogP contribution in [-0.2, 0) is 10.0 Å². The molecule has 0 atom stereocenters. The van der Waals surface area contributed by atoms with E-state index in [2.05, 4.69) is 26.2 Å². The molecule has 3 rings (SSSR count). The minimum Gasteiger partial charge on any atom is -0.384 e. The van der Waals surface area contributed by atoms with Crippen molar-refractivity contribution in [3.05, 3.63) is 34.9 Å². The van der Waals surface area contributed by atoms with Crippen molar-refractivity contribution >= 4 is 42.5 Å². The van der Waals surface area contributed by atoms with Crippen molar-refractivity contribution < 1.29 is 8.42 Å². The minimum atomic E-state index is -3.03.